The number of thiophene rings is 1. The molecule has 59 heavy (non-hydrogen) atoms. The third-order valence-electron chi connectivity index (χ3n) is 10.7. The molecule has 0 saturated heterocycles. The van der Waals surface area contributed by atoms with E-state index >= 15 is 0 Å². The maximum Gasteiger partial charge on any atom is 0.164 e. The monoisotopic (exact) mass is 772 g/mol. The lowest BCUT2D eigenvalue weighted by molar-refractivity contribution is 1.07. The summed E-state index contributed by atoms with van der Waals surface area (Å²) in [7, 11) is 0. The van der Waals surface area contributed by atoms with E-state index in [4.69, 9.17) is 29.9 Å². The van der Waals surface area contributed by atoms with E-state index in [2.05, 4.69) is 140 Å². The van der Waals surface area contributed by atoms with Gasteiger partial charge in [-0.25, -0.2) is 29.9 Å². The maximum absolute atomic E-state index is 5.05. The van der Waals surface area contributed by atoms with Gasteiger partial charge in [0, 0.05) is 33.0 Å². The summed E-state index contributed by atoms with van der Waals surface area (Å²) < 4.78 is 1.04. The van der Waals surface area contributed by atoms with Crippen LogP contribution in [0.3, 0.4) is 0 Å². The fourth-order valence-corrected chi connectivity index (χ4v) is 8.79. The Bertz CT molecular complexity index is 3330. The fourth-order valence-electron chi connectivity index (χ4n) is 7.67. The maximum atomic E-state index is 5.05. The summed E-state index contributed by atoms with van der Waals surface area (Å²) >= 11 is 1.65. The van der Waals surface area contributed by atoms with Crippen LogP contribution in [0.25, 0.3) is 110 Å². The molecule has 0 aliphatic carbocycles. The predicted octanol–water partition coefficient (Wildman–Crippen LogP) is 13.2. The van der Waals surface area contributed by atoms with E-state index in [1.165, 1.54) is 5.56 Å². The standard InChI is InChI=1S/C52H32N6S/c1-3-12-33(13-4-1)34-24-26-36(27-25-34)50-56-49(35-14-5-2-6-15-35)57-51(58-50)43-22-11-20-40(30-43)38-18-9-17-37(28-38)39-19-10-21-42(29-39)46-48-47(54-32-53-46)44-31-41-16-7-8-23-45(41)55-52(44)59-48/h1-32H. The molecular formula is C52H32N6S. The average Bonchev–Trinajstić information content (AvgIpc) is 3.69. The number of benzene rings is 7. The van der Waals surface area contributed by atoms with E-state index in [-0.39, 0.29) is 0 Å². The van der Waals surface area contributed by atoms with Crippen LogP contribution in [0.4, 0.5) is 0 Å². The molecule has 0 amide bonds. The lowest BCUT2D eigenvalue weighted by atomic mass is 9.96. The van der Waals surface area contributed by atoms with E-state index in [1.54, 1.807) is 17.7 Å². The average molecular weight is 773 g/mol. The Balaban J connectivity index is 0.943. The summed E-state index contributed by atoms with van der Waals surface area (Å²) in [6.07, 6.45) is 1.67. The molecular weight excluding hydrogens is 741 g/mol. The third kappa shape index (κ3) is 6.59. The third-order valence-corrected chi connectivity index (χ3v) is 11.7. The Morgan fingerprint density at radius 3 is 1.49 bits per heavy atom. The van der Waals surface area contributed by atoms with Gasteiger partial charge in [0.25, 0.3) is 0 Å². The molecule has 7 aromatic carbocycles. The SMILES string of the molecule is c1ccc(-c2ccc(-c3nc(-c4ccccc4)nc(-c4cccc(-c5cccc(-c6cccc(-c7ncnc8c7sc7nc9ccccc9cc78)c6)c5)c4)n3)cc2)cc1. The second-order valence-electron chi connectivity index (χ2n) is 14.4. The molecule has 0 radical (unpaired) electrons. The molecule has 0 atom stereocenters. The van der Waals surface area contributed by atoms with Gasteiger partial charge in [-0.15, -0.1) is 11.3 Å². The highest BCUT2D eigenvalue weighted by Crippen LogP contribution is 2.39. The molecule has 4 heterocycles. The van der Waals surface area contributed by atoms with Crippen molar-refractivity contribution in [2.24, 2.45) is 0 Å². The molecule has 0 unspecified atom stereocenters. The van der Waals surface area contributed by atoms with Gasteiger partial charge in [-0.1, -0.05) is 158 Å². The summed E-state index contributed by atoms with van der Waals surface area (Å²) in [4.78, 5) is 30.5. The molecule has 0 aliphatic rings. The molecule has 0 N–H and O–H groups in total. The largest absolute Gasteiger partial charge is 0.237 e. The van der Waals surface area contributed by atoms with Crippen LogP contribution >= 0.6 is 11.3 Å². The fraction of sp³-hybridized carbons (Fsp3) is 0. The predicted molar refractivity (Wildman–Crippen MR) is 242 cm³/mol. The quantitative estimate of drug-likeness (QED) is 0.161. The van der Waals surface area contributed by atoms with Crippen molar-refractivity contribution in [1.29, 1.82) is 0 Å². The zero-order valence-electron chi connectivity index (χ0n) is 31.6. The van der Waals surface area contributed by atoms with Gasteiger partial charge < -0.3 is 0 Å². The van der Waals surface area contributed by atoms with Crippen LogP contribution in [0, 0.1) is 0 Å². The molecule has 0 spiro atoms. The van der Waals surface area contributed by atoms with Crippen molar-refractivity contribution in [2.75, 3.05) is 0 Å². The van der Waals surface area contributed by atoms with Gasteiger partial charge in [0.1, 0.15) is 11.2 Å². The minimum atomic E-state index is 0.618. The highest BCUT2D eigenvalue weighted by atomic mass is 32.1. The summed E-state index contributed by atoms with van der Waals surface area (Å²) in [5.41, 5.74) is 13.3. The first kappa shape index (κ1) is 34.5. The van der Waals surface area contributed by atoms with Gasteiger partial charge in [0.2, 0.25) is 0 Å². The first-order valence-corrected chi connectivity index (χ1v) is 20.2. The van der Waals surface area contributed by atoms with Gasteiger partial charge >= 0.3 is 0 Å². The summed E-state index contributed by atoms with van der Waals surface area (Å²) in [5, 5.41) is 2.16. The number of para-hydroxylation sites is 1. The van der Waals surface area contributed by atoms with Gasteiger partial charge in [-0.3, -0.25) is 0 Å². The molecule has 0 saturated carbocycles. The molecule has 0 bridgehead atoms. The van der Waals surface area contributed by atoms with Crippen molar-refractivity contribution >= 4 is 42.7 Å². The number of rotatable bonds is 7. The van der Waals surface area contributed by atoms with Crippen molar-refractivity contribution in [3.8, 4) is 78.8 Å². The Labute approximate surface area is 344 Å². The zero-order chi connectivity index (χ0) is 39.1. The smallest absolute Gasteiger partial charge is 0.164 e. The molecule has 276 valence electrons. The normalized spacial score (nSPS) is 11.4. The number of hydrogen-bond acceptors (Lipinski definition) is 7. The van der Waals surface area contributed by atoms with Gasteiger partial charge in [-0.05, 0) is 63.7 Å². The van der Waals surface area contributed by atoms with Crippen molar-refractivity contribution in [3.63, 3.8) is 0 Å². The topological polar surface area (TPSA) is 77.3 Å². The van der Waals surface area contributed by atoms with Crippen LogP contribution in [-0.2, 0) is 0 Å². The van der Waals surface area contributed by atoms with Crippen LogP contribution in [0.2, 0.25) is 0 Å². The number of pyridine rings is 1. The van der Waals surface area contributed by atoms with E-state index < -0.39 is 0 Å². The van der Waals surface area contributed by atoms with E-state index in [1.807, 2.05) is 48.5 Å². The Hall–Kier alpha value is -7.74. The number of aromatic nitrogens is 6. The summed E-state index contributed by atoms with van der Waals surface area (Å²) in [5.74, 6) is 1.88. The lowest BCUT2D eigenvalue weighted by Gasteiger charge is -2.11. The van der Waals surface area contributed by atoms with Gasteiger partial charge in [0.15, 0.2) is 17.5 Å². The van der Waals surface area contributed by atoms with E-state index in [0.29, 0.717) is 17.5 Å². The second kappa shape index (κ2) is 14.6. The molecule has 0 aliphatic heterocycles. The van der Waals surface area contributed by atoms with Crippen molar-refractivity contribution in [1.82, 2.24) is 29.9 Å². The van der Waals surface area contributed by atoms with Crippen LogP contribution in [0.5, 0.6) is 0 Å². The van der Waals surface area contributed by atoms with Crippen LogP contribution in [-0.4, -0.2) is 29.9 Å². The van der Waals surface area contributed by atoms with Gasteiger partial charge in [0.05, 0.1) is 21.4 Å². The van der Waals surface area contributed by atoms with E-state index in [0.717, 1.165) is 87.1 Å². The number of hydrogen-bond donors (Lipinski definition) is 0. The minimum absolute atomic E-state index is 0.618. The van der Waals surface area contributed by atoms with Crippen molar-refractivity contribution < 1.29 is 0 Å². The van der Waals surface area contributed by atoms with Gasteiger partial charge in [-0.2, -0.15) is 0 Å². The molecule has 11 rings (SSSR count). The first-order valence-electron chi connectivity index (χ1n) is 19.4. The molecule has 6 nitrogen and oxygen atoms in total. The molecule has 0 fully saturated rings. The second-order valence-corrected chi connectivity index (χ2v) is 15.4. The number of nitrogens with zero attached hydrogens (tertiary/aromatic N) is 6. The molecule has 4 aromatic heterocycles. The Morgan fingerprint density at radius 2 is 0.814 bits per heavy atom. The molecule has 11 aromatic rings. The highest BCUT2D eigenvalue weighted by molar-refractivity contribution is 7.25. The van der Waals surface area contributed by atoms with E-state index in [9.17, 15) is 0 Å². The first-order chi connectivity index (χ1) is 29.2. The van der Waals surface area contributed by atoms with Crippen molar-refractivity contribution in [2.45, 2.75) is 0 Å². The lowest BCUT2D eigenvalue weighted by Crippen LogP contribution is -2.00. The Kier molecular flexibility index (Phi) is 8.56. The van der Waals surface area contributed by atoms with Crippen LogP contribution in [0.1, 0.15) is 0 Å². The summed E-state index contributed by atoms with van der Waals surface area (Å²) in [6.45, 7) is 0. The summed E-state index contributed by atoms with van der Waals surface area (Å²) in [6, 6.07) is 65.0. The van der Waals surface area contributed by atoms with Crippen LogP contribution < -0.4 is 0 Å². The zero-order valence-corrected chi connectivity index (χ0v) is 32.4. The molecule has 7 heteroatoms. The van der Waals surface area contributed by atoms with Crippen molar-refractivity contribution in [3.05, 3.63) is 194 Å². The number of fused-ring (bicyclic) bond motifs is 4. The highest BCUT2D eigenvalue weighted by Gasteiger charge is 2.17. The Morgan fingerprint density at radius 1 is 0.339 bits per heavy atom. The van der Waals surface area contributed by atoms with Crippen LogP contribution in [0.15, 0.2) is 194 Å². The minimum Gasteiger partial charge on any atom is -0.237 e.